The van der Waals surface area contributed by atoms with Crippen molar-refractivity contribution in [3.8, 4) is 0 Å². The maximum absolute atomic E-state index is 12.0. The molecule has 1 N–H and O–H groups in total. The predicted molar refractivity (Wildman–Crippen MR) is 90.9 cm³/mol. The summed E-state index contributed by atoms with van der Waals surface area (Å²) >= 11 is 0. The second-order valence-electron chi connectivity index (χ2n) is 6.97. The molecule has 0 spiro atoms. The van der Waals surface area contributed by atoms with E-state index < -0.39 is 23.7 Å². The van der Waals surface area contributed by atoms with Gasteiger partial charge in [0.25, 0.3) is 0 Å². The van der Waals surface area contributed by atoms with Gasteiger partial charge in [-0.1, -0.05) is 30.3 Å². The number of rotatable bonds is 4. The van der Waals surface area contributed by atoms with E-state index in [-0.39, 0.29) is 32.0 Å². The quantitative estimate of drug-likeness (QED) is 0.903. The van der Waals surface area contributed by atoms with Crippen molar-refractivity contribution in [1.29, 1.82) is 0 Å². The molecule has 0 bridgehead atoms. The first-order chi connectivity index (χ1) is 11.7. The summed E-state index contributed by atoms with van der Waals surface area (Å²) in [4.78, 5) is 37.1. The van der Waals surface area contributed by atoms with Gasteiger partial charge in [0, 0.05) is 13.1 Å². The van der Waals surface area contributed by atoms with Gasteiger partial charge in [-0.05, 0) is 26.3 Å². The highest BCUT2D eigenvalue weighted by Crippen LogP contribution is 2.16. The Hall–Kier alpha value is -2.57. The molecule has 1 atom stereocenters. The number of hydrogen-bond donors (Lipinski definition) is 1. The van der Waals surface area contributed by atoms with Gasteiger partial charge < -0.3 is 19.7 Å². The maximum atomic E-state index is 12.0. The minimum atomic E-state index is -0.613. The van der Waals surface area contributed by atoms with Crippen LogP contribution in [0.5, 0.6) is 0 Å². The number of ketones is 1. The number of carbonyl (C=O) groups excluding carboxylic acids is 3. The lowest BCUT2D eigenvalue weighted by Gasteiger charge is -2.24. The van der Waals surface area contributed by atoms with E-state index in [1.807, 2.05) is 30.3 Å². The fourth-order valence-corrected chi connectivity index (χ4v) is 2.37. The van der Waals surface area contributed by atoms with Crippen molar-refractivity contribution in [2.24, 2.45) is 5.92 Å². The van der Waals surface area contributed by atoms with Crippen molar-refractivity contribution >= 4 is 18.0 Å². The van der Waals surface area contributed by atoms with Crippen LogP contribution in [0.25, 0.3) is 0 Å². The average molecular weight is 348 g/mol. The monoisotopic (exact) mass is 348 g/mol. The Morgan fingerprint density at radius 1 is 1.24 bits per heavy atom. The third kappa shape index (κ3) is 6.10. The van der Waals surface area contributed by atoms with Gasteiger partial charge >= 0.3 is 12.2 Å². The van der Waals surface area contributed by atoms with Crippen LogP contribution in [0.1, 0.15) is 26.3 Å². The van der Waals surface area contributed by atoms with Gasteiger partial charge in [-0.3, -0.25) is 4.79 Å². The molecule has 1 aromatic carbocycles. The second kappa shape index (κ2) is 8.00. The smallest absolute Gasteiger partial charge is 0.410 e. The highest BCUT2D eigenvalue weighted by atomic mass is 16.6. The normalized spacial score (nSPS) is 17.3. The SMILES string of the molecule is CC(C)(C)OC(=O)N1CC(=O)C(CNC(=O)OCc2ccccc2)C1. The summed E-state index contributed by atoms with van der Waals surface area (Å²) in [6.45, 7) is 5.83. The summed E-state index contributed by atoms with van der Waals surface area (Å²) in [7, 11) is 0. The zero-order chi connectivity index (χ0) is 18.4. The summed E-state index contributed by atoms with van der Waals surface area (Å²) in [5.74, 6) is -0.550. The summed E-state index contributed by atoms with van der Waals surface area (Å²) in [5.41, 5.74) is 0.267. The number of ether oxygens (including phenoxy) is 2. The third-order valence-corrected chi connectivity index (χ3v) is 3.60. The minimum Gasteiger partial charge on any atom is -0.445 e. The molecule has 0 radical (unpaired) electrons. The molecule has 7 heteroatoms. The van der Waals surface area contributed by atoms with Crippen molar-refractivity contribution in [3.63, 3.8) is 0 Å². The summed E-state index contributed by atoms with van der Waals surface area (Å²) in [5, 5.41) is 2.57. The molecule has 1 aliphatic rings. The second-order valence-corrected chi connectivity index (χ2v) is 6.97. The summed E-state index contributed by atoms with van der Waals surface area (Å²) in [6, 6.07) is 9.31. The van der Waals surface area contributed by atoms with Gasteiger partial charge in [0.2, 0.25) is 0 Å². The van der Waals surface area contributed by atoms with E-state index in [9.17, 15) is 14.4 Å². The molecule has 0 aromatic heterocycles. The first kappa shape index (κ1) is 18.8. The van der Waals surface area contributed by atoms with E-state index >= 15 is 0 Å². The van der Waals surface area contributed by atoms with E-state index in [1.165, 1.54) is 4.90 Å². The molecule has 1 heterocycles. The fourth-order valence-electron chi connectivity index (χ4n) is 2.37. The van der Waals surface area contributed by atoms with Gasteiger partial charge in [-0.15, -0.1) is 0 Å². The Morgan fingerprint density at radius 3 is 2.56 bits per heavy atom. The molecule has 0 saturated carbocycles. The Kier molecular flexibility index (Phi) is 6.01. The van der Waals surface area contributed by atoms with E-state index in [2.05, 4.69) is 5.32 Å². The molecule has 2 rings (SSSR count). The van der Waals surface area contributed by atoms with Crippen LogP contribution in [0.3, 0.4) is 0 Å². The molecule has 1 aromatic rings. The number of nitrogens with zero attached hydrogens (tertiary/aromatic N) is 1. The topological polar surface area (TPSA) is 84.9 Å². The summed E-state index contributed by atoms with van der Waals surface area (Å²) < 4.78 is 10.4. The van der Waals surface area contributed by atoms with Gasteiger partial charge in [0.1, 0.15) is 12.2 Å². The Morgan fingerprint density at radius 2 is 1.92 bits per heavy atom. The summed E-state index contributed by atoms with van der Waals surface area (Å²) in [6.07, 6.45) is -1.11. The molecule has 1 unspecified atom stereocenters. The van der Waals surface area contributed by atoms with E-state index in [0.29, 0.717) is 0 Å². The lowest BCUT2D eigenvalue weighted by molar-refractivity contribution is -0.119. The number of hydrogen-bond acceptors (Lipinski definition) is 5. The highest BCUT2D eigenvalue weighted by molar-refractivity contribution is 5.90. The molecule has 1 saturated heterocycles. The maximum Gasteiger partial charge on any atom is 0.410 e. The first-order valence-corrected chi connectivity index (χ1v) is 8.20. The van der Waals surface area contributed by atoms with Crippen LogP contribution in [0.4, 0.5) is 9.59 Å². The van der Waals surface area contributed by atoms with Crippen molar-refractivity contribution < 1.29 is 23.9 Å². The molecule has 136 valence electrons. The van der Waals surface area contributed by atoms with E-state index in [1.54, 1.807) is 20.8 Å². The Bertz CT molecular complexity index is 624. The van der Waals surface area contributed by atoms with Crippen LogP contribution in [0.2, 0.25) is 0 Å². The van der Waals surface area contributed by atoms with Crippen LogP contribution in [-0.4, -0.2) is 48.1 Å². The number of nitrogens with one attached hydrogen (secondary N) is 1. The first-order valence-electron chi connectivity index (χ1n) is 8.20. The van der Waals surface area contributed by atoms with Gasteiger partial charge in [-0.25, -0.2) is 9.59 Å². The van der Waals surface area contributed by atoms with Crippen LogP contribution in [0, 0.1) is 5.92 Å². The third-order valence-electron chi connectivity index (χ3n) is 3.60. The molecule has 25 heavy (non-hydrogen) atoms. The Labute approximate surface area is 147 Å². The molecule has 7 nitrogen and oxygen atoms in total. The predicted octanol–water partition coefficient (Wildman–Crippen LogP) is 2.35. The van der Waals surface area contributed by atoms with Crippen LogP contribution >= 0.6 is 0 Å². The molecular weight excluding hydrogens is 324 g/mol. The molecule has 1 aliphatic heterocycles. The standard InChI is InChI=1S/C18H24N2O5/c1-18(2,3)25-17(23)20-10-14(15(21)11-20)9-19-16(22)24-12-13-7-5-4-6-8-13/h4-8,14H,9-12H2,1-3H3,(H,19,22). The number of likely N-dealkylation sites (tertiary alicyclic amines) is 1. The molecule has 1 fully saturated rings. The molecule has 2 amide bonds. The zero-order valence-electron chi connectivity index (χ0n) is 14.8. The number of benzene rings is 1. The number of carbonyl (C=O) groups is 3. The average Bonchev–Trinajstić information content (AvgIpc) is 2.91. The van der Waals surface area contributed by atoms with Crippen molar-refractivity contribution in [1.82, 2.24) is 10.2 Å². The van der Waals surface area contributed by atoms with Crippen LogP contribution in [-0.2, 0) is 20.9 Å². The largest absolute Gasteiger partial charge is 0.445 e. The van der Waals surface area contributed by atoms with Crippen molar-refractivity contribution in [3.05, 3.63) is 35.9 Å². The molecule has 0 aliphatic carbocycles. The lowest BCUT2D eigenvalue weighted by atomic mass is 10.1. The number of amides is 2. The fraction of sp³-hybridized carbons (Fsp3) is 0.500. The zero-order valence-corrected chi connectivity index (χ0v) is 14.8. The number of Topliss-reactive ketones (excluding diaryl/α,β-unsaturated/α-hetero) is 1. The van der Waals surface area contributed by atoms with Gasteiger partial charge in [0.15, 0.2) is 5.78 Å². The van der Waals surface area contributed by atoms with E-state index in [0.717, 1.165) is 5.56 Å². The Balaban J connectivity index is 1.74. The number of alkyl carbamates (subject to hydrolysis) is 1. The van der Waals surface area contributed by atoms with Crippen LogP contribution < -0.4 is 5.32 Å². The van der Waals surface area contributed by atoms with E-state index in [4.69, 9.17) is 9.47 Å². The van der Waals surface area contributed by atoms with Crippen LogP contribution in [0.15, 0.2) is 30.3 Å². The minimum absolute atomic E-state index is 0.000320. The van der Waals surface area contributed by atoms with Gasteiger partial charge in [0.05, 0.1) is 12.5 Å². The van der Waals surface area contributed by atoms with Gasteiger partial charge in [-0.2, -0.15) is 0 Å². The lowest BCUT2D eigenvalue weighted by Crippen LogP contribution is -2.36. The van der Waals surface area contributed by atoms with Crippen molar-refractivity contribution in [2.75, 3.05) is 19.6 Å². The highest BCUT2D eigenvalue weighted by Gasteiger charge is 2.35. The van der Waals surface area contributed by atoms with Crippen molar-refractivity contribution in [2.45, 2.75) is 33.0 Å². The molecular formula is C18H24N2O5.